The van der Waals surface area contributed by atoms with E-state index in [4.69, 9.17) is 14.5 Å². The number of carbonyl (C=O) groups is 2. The number of carboxylic acids is 1. The van der Waals surface area contributed by atoms with Crippen LogP contribution in [0.4, 0.5) is 11.4 Å². The Morgan fingerprint density at radius 1 is 0.972 bits per heavy atom. The molecule has 1 heterocycles. The molecule has 0 radical (unpaired) electrons. The molecule has 19 heteroatoms. The van der Waals surface area contributed by atoms with Crippen LogP contribution in [0.2, 0.25) is 0 Å². The number of nitrogens with two attached hydrogens (primary N) is 2. The molecule has 0 spiro atoms. The van der Waals surface area contributed by atoms with Crippen molar-refractivity contribution in [2.45, 2.75) is 15.8 Å². The second-order valence-electron chi connectivity index (χ2n) is 6.45. The highest BCUT2D eigenvalue weighted by Gasteiger charge is 2.41. The van der Waals surface area contributed by atoms with Crippen LogP contribution in [-0.4, -0.2) is 60.6 Å². The van der Waals surface area contributed by atoms with Crippen molar-refractivity contribution in [1.82, 2.24) is 0 Å². The second-order valence-corrected chi connectivity index (χ2v) is 9.29. The fraction of sp³-hybridized carbons (Fsp3) is 0.0588. The molecule has 0 saturated heterocycles. The number of carbonyl (C=O) groups excluding carboxylic acids is 1. The number of nitrogens with zero attached hydrogens (tertiary/aromatic N) is 4. The molecule has 1 atom stereocenters. The molecule has 1 aliphatic rings. The molecule has 0 saturated carbocycles. The zero-order valence-corrected chi connectivity index (χ0v) is 20.0. The summed E-state index contributed by atoms with van der Waals surface area (Å²) in [6, 6.07) is 7.07. The molecule has 1 unspecified atom stereocenters. The molecule has 0 aliphatic carbocycles. The van der Waals surface area contributed by atoms with Gasteiger partial charge in [-0.05, 0) is 48.5 Å². The Hall–Kier alpha value is -3.97. The summed E-state index contributed by atoms with van der Waals surface area (Å²) in [6.07, 6.45) is 0. The molecular formula is C17H18ClN7O9S2. The number of hydrogen-bond donors (Lipinski definition) is 6. The lowest BCUT2D eigenvalue weighted by molar-refractivity contribution is -0.130. The van der Waals surface area contributed by atoms with Gasteiger partial charge in [0.2, 0.25) is 6.04 Å². The van der Waals surface area contributed by atoms with E-state index >= 15 is 0 Å². The highest BCUT2D eigenvalue weighted by molar-refractivity contribution is 7.86. The summed E-state index contributed by atoms with van der Waals surface area (Å²) >= 11 is 0. The van der Waals surface area contributed by atoms with Crippen LogP contribution < -0.4 is 28.9 Å². The summed E-state index contributed by atoms with van der Waals surface area (Å²) in [6.45, 7) is 0. The van der Waals surface area contributed by atoms with E-state index in [1.54, 1.807) is 0 Å². The minimum Gasteiger partial charge on any atom is -1.00 e. The SMILES string of the molecule is N=C(N)N.O=C(O)C1=NN(c2ccc(S(=O)(=O)O)cc2)C(=O)C1N=Nc1ccc(S(=O)(=O)O)cc1.[Cl-].[H+]. The first-order valence-electron chi connectivity index (χ1n) is 8.92. The predicted molar refractivity (Wildman–Crippen MR) is 121 cm³/mol. The number of rotatable bonds is 6. The van der Waals surface area contributed by atoms with Gasteiger partial charge < -0.3 is 29.0 Å². The van der Waals surface area contributed by atoms with Gasteiger partial charge in [-0.3, -0.25) is 19.3 Å². The molecule has 0 fully saturated rings. The third-order valence-electron chi connectivity index (χ3n) is 3.93. The van der Waals surface area contributed by atoms with Crippen LogP contribution in [0.25, 0.3) is 0 Å². The van der Waals surface area contributed by atoms with Crippen LogP contribution in [0.15, 0.2) is 73.7 Å². The van der Waals surface area contributed by atoms with E-state index in [9.17, 15) is 31.5 Å². The van der Waals surface area contributed by atoms with Gasteiger partial charge in [0.05, 0.1) is 21.2 Å². The van der Waals surface area contributed by atoms with Gasteiger partial charge in [0, 0.05) is 0 Å². The van der Waals surface area contributed by atoms with E-state index in [1.807, 2.05) is 0 Å². The van der Waals surface area contributed by atoms with Crippen LogP contribution in [0, 0.1) is 5.41 Å². The number of halogens is 1. The van der Waals surface area contributed by atoms with Gasteiger partial charge in [-0.15, -0.1) is 0 Å². The number of nitrogens with one attached hydrogen (secondary N) is 1. The van der Waals surface area contributed by atoms with Crippen molar-refractivity contribution in [3.63, 3.8) is 0 Å². The van der Waals surface area contributed by atoms with Gasteiger partial charge in [0.15, 0.2) is 11.7 Å². The standard InChI is InChI=1S/C16H12N4O9S2.CH5N3.ClH/c21-15-13(18-17-9-1-5-11(6-2-9)30(24,25)26)14(16(22)23)19-20(15)10-3-7-12(8-4-10)31(27,28)29;2-1(3)4;/h1-8,13H,(H,22,23)(H,24,25,26)(H,27,28,29);(H5,2,3,4);1H. The zero-order valence-electron chi connectivity index (χ0n) is 18.6. The average Bonchev–Trinajstić information content (AvgIpc) is 3.07. The van der Waals surface area contributed by atoms with Crippen molar-refractivity contribution in [2.24, 2.45) is 26.8 Å². The summed E-state index contributed by atoms with van der Waals surface area (Å²) in [5, 5.41) is 27.2. The number of hydrogen-bond acceptors (Lipinski definition) is 10. The van der Waals surface area contributed by atoms with E-state index in [0.717, 1.165) is 36.4 Å². The first kappa shape index (κ1) is 30.1. The molecular weight excluding hydrogens is 546 g/mol. The van der Waals surface area contributed by atoms with Crippen molar-refractivity contribution in [2.75, 3.05) is 5.01 Å². The van der Waals surface area contributed by atoms with Gasteiger partial charge in [-0.1, -0.05) is 0 Å². The molecule has 194 valence electrons. The van der Waals surface area contributed by atoms with E-state index in [-0.39, 0.29) is 31.2 Å². The van der Waals surface area contributed by atoms with Crippen LogP contribution in [-0.2, 0) is 29.8 Å². The Labute approximate surface area is 211 Å². The molecule has 1 amide bonds. The second kappa shape index (κ2) is 11.6. The molecule has 8 N–H and O–H groups in total. The topological polar surface area (TPSA) is 279 Å². The number of aliphatic carboxylic acids is 1. The van der Waals surface area contributed by atoms with Crippen molar-refractivity contribution in [1.29, 1.82) is 5.41 Å². The van der Waals surface area contributed by atoms with Crippen molar-refractivity contribution >= 4 is 55.2 Å². The maximum atomic E-state index is 12.6. The smallest absolute Gasteiger partial charge is 1.00 e. The summed E-state index contributed by atoms with van der Waals surface area (Å²) in [5.74, 6) is -2.77. The largest absolute Gasteiger partial charge is 1.00 e. The van der Waals surface area contributed by atoms with Crippen molar-refractivity contribution < 1.29 is 54.5 Å². The predicted octanol–water partition coefficient (Wildman–Crippen LogP) is -2.93. The average molecular weight is 564 g/mol. The molecule has 1 aliphatic heterocycles. The zero-order chi connectivity index (χ0) is 26.6. The summed E-state index contributed by atoms with van der Waals surface area (Å²) in [4.78, 5) is 23.3. The Morgan fingerprint density at radius 3 is 1.78 bits per heavy atom. The first-order valence-corrected chi connectivity index (χ1v) is 11.8. The molecule has 0 bridgehead atoms. The molecule has 16 nitrogen and oxygen atoms in total. The summed E-state index contributed by atoms with van der Waals surface area (Å²) in [5.41, 5.74) is 8.38. The molecule has 0 aromatic heterocycles. The minimum absolute atomic E-state index is 0. The monoisotopic (exact) mass is 563 g/mol. The van der Waals surface area contributed by atoms with Gasteiger partial charge >= 0.3 is 7.40 Å². The van der Waals surface area contributed by atoms with E-state index in [0.29, 0.717) is 5.01 Å². The van der Waals surface area contributed by atoms with Gasteiger partial charge in [0.25, 0.3) is 26.1 Å². The number of carboxylic acid groups (broad SMARTS) is 1. The van der Waals surface area contributed by atoms with Crippen molar-refractivity contribution in [3.05, 3.63) is 48.5 Å². The summed E-state index contributed by atoms with van der Waals surface area (Å²) < 4.78 is 62.3. The number of anilines is 1. The van der Waals surface area contributed by atoms with Gasteiger partial charge in [-0.25, -0.2) is 4.79 Å². The van der Waals surface area contributed by atoms with Crippen LogP contribution in [0.3, 0.4) is 0 Å². The first-order chi connectivity index (χ1) is 16.1. The fourth-order valence-corrected chi connectivity index (χ4v) is 3.42. The highest BCUT2D eigenvalue weighted by atomic mass is 35.5. The minimum atomic E-state index is -4.46. The van der Waals surface area contributed by atoms with Gasteiger partial charge in [0.1, 0.15) is 0 Å². The number of benzene rings is 2. The van der Waals surface area contributed by atoms with Crippen LogP contribution in [0.5, 0.6) is 0 Å². The third kappa shape index (κ3) is 7.78. The number of azo groups is 1. The highest BCUT2D eigenvalue weighted by Crippen LogP contribution is 2.25. The number of hydrazone groups is 1. The third-order valence-corrected chi connectivity index (χ3v) is 5.67. The molecule has 2 aromatic rings. The van der Waals surface area contributed by atoms with Crippen LogP contribution >= 0.6 is 0 Å². The van der Waals surface area contributed by atoms with Crippen molar-refractivity contribution in [3.8, 4) is 0 Å². The lowest BCUT2D eigenvalue weighted by atomic mass is 10.2. The van der Waals surface area contributed by atoms with E-state index in [2.05, 4.69) is 26.8 Å². The van der Waals surface area contributed by atoms with E-state index < -0.39 is 53.7 Å². The maximum Gasteiger partial charge on any atom is 1.00 e. The number of guanidine groups is 1. The Kier molecular flexibility index (Phi) is 9.72. The molecule has 36 heavy (non-hydrogen) atoms. The summed E-state index contributed by atoms with van der Waals surface area (Å²) in [7, 11) is -8.88. The van der Waals surface area contributed by atoms with Crippen LogP contribution in [0.1, 0.15) is 1.43 Å². The normalized spacial score (nSPS) is 15.5. The Bertz CT molecular complexity index is 1430. The lowest BCUT2D eigenvalue weighted by Gasteiger charge is -2.12. The Morgan fingerprint density at radius 2 is 1.39 bits per heavy atom. The quantitative estimate of drug-likeness (QED) is 0.0894. The Balaban J connectivity index is 0.00000201. The number of amides is 1. The lowest BCUT2D eigenvalue weighted by Crippen LogP contribution is -3.00. The fourth-order valence-electron chi connectivity index (χ4n) is 2.46. The van der Waals surface area contributed by atoms with Gasteiger partial charge in [-0.2, -0.15) is 37.2 Å². The molecule has 2 aromatic carbocycles. The van der Waals surface area contributed by atoms with E-state index in [1.165, 1.54) is 12.1 Å². The maximum absolute atomic E-state index is 12.6. The molecule has 3 rings (SSSR count).